The van der Waals surface area contributed by atoms with Gasteiger partial charge in [-0.25, -0.2) is 9.59 Å². The molecule has 0 aliphatic heterocycles. The summed E-state index contributed by atoms with van der Waals surface area (Å²) in [7, 11) is 0. The molecular formula is C23H22O4. The van der Waals surface area contributed by atoms with E-state index in [0.29, 0.717) is 22.6 Å². The fourth-order valence-corrected chi connectivity index (χ4v) is 2.54. The first-order valence-corrected chi connectivity index (χ1v) is 8.07. The molecule has 0 heterocycles. The average molecular weight is 362 g/mol. The zero-order valence-corrected chi connectivity index (χ0v) is 14.7. The van der Waals surface area contributed by atoms with Crippen molar-refractivity contribution in [1.29, 1.82) is 0 Å². The van der Waals surface area contributed by atoms with E-state index in [2.05, 4.69) is 13.2 Å². The Balaban J connectivity index is 0.00000261. The second kappa shape index (κ2) is 7.87. The molecule has 0 radical (unpaired) electrons. The van der Waals surface area contributed by atoms with Crippen LogP contribution in [0, 0.1) is 0 Å². The smallest absolute Gasteiger partial charge is 0.338 e. The molecule has 138 valence electrons. The van der Waals surface area contributed by atoms with E-state index in [1.54, 1.807) is 26.0 Å². The summed E-state index contributed by atoms with van der Waals surface area (Å²) in [6.45, 7) is 10.4. The van der Waals surface area contributed by atoms with Crippen LogP contribution in [0.2, 0.25) is 0 Å². The first-order valence-electron chi connectivity index (χ1n) is 8.07. The van der Waals surface area contributed by atoms with Crippen LogP contribution in [0.4, 0.5) is 0 Å². The first kappa shape index (κ1) is 19.9. The Hall–Kier alpha value is -3.40. The van der Waals surface area contributed by atoms with Gasteiger partial charge >= 0.3 is 11.9 Å². The van der Waals surface area contributed by atoms with E-state index < -0.39 is 11.9 Å². The molecule has 0 saturated heterocycles. The predicted molar refractivity (Wildman–Crippen MR) is 109 cm³/mol. The van der Waals surface area contributed by atoms with E-state index in [4.69, 9.17) is 9.47 Å². The minimum atomic E-state index is -0.450. The Kier molecular flexibility index (Phi) is 5.81. The molecule has 0 amide bonds. The zero-order chi connectivity index (χ0) is 18.8. The van der Waals surface area contributed by atoms with Crippen molar-refractivity contribution in [2.75, 3.05) is 0 Å². The summed E-state index contributed by atoms with van der Waals surface area (Å²) in [6, 6.07) is 14.8. The van der Waals surface area contributed by atoms with Crippen LogP contribution >= 0.6 is 0 Å². The molecule has 4 nitrogen and oxygen atoms in total. The minimum absolute atomic E-state index is 0. The number of rotatable bonds is 4. The first-order chi connectivity index (χ1) is 12.3. The maximum Gasteiger partial charge on any atom is 0.338 e. The lowest BCUT2D eigenvalue weighted by atomic mass is 10.0. The highest BCUT2D eigenvalue weighted by Gasteiger charge is 2.09. The van der Waals surface area contributed by atoms with Gasteiger partial charge in [-0.2, -0.15) is 0 Å². The molecule has 3 aromatic carbocycles. The quantitative estimate of drug-likeness (QED) is 0.263. The van der Waals surface area contributed by atoms with Crippen LogP contribution in [0.3, 0.4) is 0 Å². The SMILES string of the molecule is C.C=C(C)C(=O)Oc1ccc2c(ccc3cc(OC(=O)C(=C)C)ccc32)c1. The summed E-state index contributed by atoms with van der Waals surface area (Å²) >= 11 is 0. The second-order valence-electron chi connectivity index (χ2n) is 6.17. The van der Waals surface area contributed by atoms with Gasteiger partial charge in [-0.15, -0.1) is 0 Å². The monoisotopic (exact) mass is 362 g/mol. The summed E-state index contributed by atoms with van der Waals surface area (Å²) in [5.74, 6) is 0.0388. The number of hydrogen-bond acceptors (Lipinski definition) is 4. The molecule has 0 aliphatic rings. The Morgan fingerprint density at radius 1 is 0.704 bits per heavy atom. The van der Waals surface area contributed by atoms with Crippen LogP contribution in [-0.4, -0.2) is 11.9 Å². The summed E-state index contributed by atoms with van der Waals surface area (Å²) < 4.78 is 10.6. The molecule has 0 aliphatic carbocycles. The van der Waals surface area contributed by atoms with Gasteiger partial charge in [0, 0.05) is 11.1 Å². The lowest BCUT2D eigenvalue weighted by Gasteiger charge is -2.09. The van der Waals surface area contributed by atoms with Crippen LogP contribution in [0.15, 0.2) is 72.8 Å². The molecule has 0 spiro atoms. The Morgan fingerprint density at radius 2 is 1.07 bits per heavy atom. The summed E-state index contributed by atoms with van der Waals surface area (Å²) in [4.78, 5) is 23.3. The van der Waals surface area contributed by atoms with Crippen molar-refractivity contribution < 1.29 is 19.1 Å². The second-order valence-corrected chi connectivity index (χ2v) is 6.17. The molecule has 0 bridgehead atoms. The fraction of sp³-hybridized carbons (Fsp3) is 0.130. The van der Waals surface area contributed by atoms with Crippen LogP contribution in [0.5, 0.6) is 11.5 Å². The van der Waals surface area contributed by atoms with Crippen molar-refractivity contribution in [2.45, 2.75) is 21.3 Å². The third kappa shape index (κ3) is 4.23. The molecule has 0 aromatic heterocycles. The van der Waals surface area contributed by atoms with Gasteiger partial charge in [0.05, 0.1) is 0 Å². The number of carbonyl (C=O) groups excluding carboxylic acids is 2. The number of hydrogen-bond donors (Lipinski definition) is 0. The molecule has 3 rings (SSSR count). The van der Waals surface area contributed by atoms with E-state index >= 15 is 0 Å². The van der Waals surface area contributed by atoms with Gasteiger partial charge in [-0.1, -0.05) is 44.8 Å². The molecule has 0 fully saturated rings. The van der Waals surface area contributed by atoms with Crippen LogP contribution < -0.4 is 9.47 Å². The summed E-state index contributed by atoms with van der Waals surface area (Å²) in [5, 5.41) is 3.90. The highest BCUT2D eigenvalue weighted by molar-refractivity contribution is 6.08. The van der Waals surface area contributed by atoms with Gasteiger partial charge in [0.15, 0.2) is 0 Å². The molecule has 0 unspecified atom stereocenters. The lowest BCUT2D eigenvalue weighted by molar-refractivity contribution is -0.130. The molecule has 3 aromatic rings. The van der Waals surface area contributed by atoms with Gasteiger partial charge in [-0.3, -0.25) is 0 Å². The van der Waals surface area contributed by atoms with Crippen molar-refractivity contribution >= 4 is 33.5 Å². The Labute approximate surface area is 158 Å². The molecule has 27 heavy (non-hydrogen) atoms. The minimum Gasteiger partial charge on any atom is -0.423 e. The number of carbonyl (C=O) groups is 2. The highest BCUT2D eigenvalue weighted by atomic mass is 16.5. The van der Waals surface area contributed by atoms with Crippen LogP contribution in [0.1, 0.15) is 21.3 Å². The fourth-order valence-electron chi connectivity index (χ4n) is 2.54. The van der Waals surface area contributed by atoms with Crippen molar-refractivity contribution in [3.05, 3.63) is 72.8 Å². The van der Waals surface area contributed by atoms with Crippen molar-refractivity contribution in [1.82, 2.24) is 0 Å². The van der Waals surface area contributed by atoms with E-state index in [-0.39, 0.29) is 7.43 Å². The topological polar surface area (TPSA) is 52.6 Å². The molecule has 0 atom stereocenters. The number of ether oxygens (including phenoxy) is 2. The van der Waals surface area contributed by atoms with E-state index in [9.17, 15) is 9.59 Å². The average Bonchev–Trinajstić information content (AvgIpc) is 2.61. The molecule has 4 heteroatoms. The van der Waals surface area contributed by atoms with Gasteiger partial charge < -0.3 is 9.47 Å². The van der Waals surface area contributed by atoms with Crippen molar-refractivity contribution in [2.24, 2.45) is 0 Å². The number of benzene rings is 3. The highest BCUT2D eigenvalue weighted by Crippen LogP contribution is 2.31. The number of esters is 2. The van der Waals surface area contributed by atoms with Crippen LogP contribution in [0.25, 0.3) is 21.5 Å². The van der Waals surface area contributed by atoms with Gasteiger partial charge in [0.2, 0.25) is 0 Å². The predicted octanol–water partition coefficient (Wildman–Crippen LogP) is 5.59. The summed E-state index contributed by atoms with van der Waals surface area (Å²) in [6.07, 6.45) is 0. The van der Waals surface area contributed by atoms with Crippen molar-refractivity contribution in [3.63, 3.8) is 0 Å². The van der Waals surface area contributed by atoms with Gasteiger partial charge in [-0.05, 0) is 59.7 Å². The van der Waals surface area contributed by atoms with Gasteiger partial charge in [0.25, 0.3) is 0 Å². The van der Waals surface area contributed by atoms with Gasteiger partial charge in [0.1, 0.15) is 11.5 Å². The zero-order valence-electron chi connectivity index (χ0n) is 14.7. The maximum atomic E-state index is 11.7. The van der Waals surface area contributed by atoms with E-state index in [0.717, 1.165) is 21.5 Å². The Bertz CT molecular complexity index is 990. The standard InChI is InChI=1S/C22H18O4.CH4/c1-13(2)21(23)25-17-7-9-19-15(11-17)5-6-16-12-18(8-10-20(16)19)26-22(24)14(3)4;/h5-12H,1,3H2,2,4H3;1H4. The molecule has 0 saturated carbocycles. The van der Waals surface area contributed by atoms with Crippen molar-refractivity contribution in [3.8, 4) is 11.5 Å². The largest absolute Gasteiger partial charge is 0.423 e. The van der Waals surface area contributed by atoms with E-state index in [1.165, 1.54) is 0 Å². The third-order valence-electron chi connectivity index (χ3n) is 3.90. The number of fused-ring (bicyclic) bond motifs is 3. The maximum absolute atomic E-state index is 11.7. The lowest BCUT2D eigenvalue weighted by Crippen LogP contribution is -2.08. The van der Waals surface area contributed by atoms with E-state index in [1.807, 2.05) is 36.4 Å². The normalized spacial score (nSPS) is 10.1. The molecular weight excluding hydrogens is 340 g/mol. The van der Waals surface area contributed by atoms with Crippen LogP contribution in [-0.2, 0) is 9.59 Å². The Morgan fingerprint density at radius 3 is 1.41 bits per heavy atom. The third-order valence-corrected chi connectivity index (χ3v) is 3.90. The summed E-state index contributed by atoms with van der Waals surface area (Å²) in [5.41, 5.74) is 0.695. The molecule has 0 N–H and O–H groups in total.